The van der Waals surface area contributed by atoms with E-state index in [0.29, 0.717) is 17.8 Å². The Hall–Kier alpha value is -2.28. The molecule has 0 atom stereocenters. The van der Waals surface area contributed by atoms with Crippen LogP contribution in [-0.2, 0) is 0 Å². The first-order chi connectivity index (χ1) is 8.97. The molecule has 2 aromatic rings. The fourth-order valence-corrected chi connectivity index (χ4v) is 1.54. The standard InChI is InChI=1S/C12H16N6O/c1-12(2,13)7-14-11(19)9-5-3-4-6-10(9)18-8-15-16-17-18/h3-6,8H,7,13H2,1-2H3,(H,14,19). The summed E-state index contributed by atoms with van der Waals surface area (Å²) in [5, 5.41) is 13.7. The van der Waals surface area contributed by atoms with Crippen molar-refractivity contribution < 1.29 is 4.79 Å². The molecular weight excluding hydrogens is 244 g/mol. The van der Waals surface area contributed by atoms with E-state index in [2.05, 4.69) is 20.8 Å². The van der Waals surface area contributed by atoms with Gasteiger partial charge in [0.15, 0.2) is 0 Å². The summed E-state index contributed by atoms with van der Waals surface area (Å²) in [5.41, 5.74) is 6.51. The average molecular weight is 260 g/mol. The predicted octanol–water partition coefficient (Wildman–Crippen LogP) is 0.129. The number of nitrogens with one attached hydrogen (secondary N) is 1. The number of tetrazole rings is 1. The van der Waals surface area contributed by atoms with Crippen molar-refractivity contribution in [1.29, 1.82) is 0 Å². The Morgan fingerprint density at radius 2 is 2.16 bits per heavy atom. The van der Waals surface area contributed by atoms with Crippen molar-refractivity contribution in [2.24, 2.45) is 5.73 Å². The second kappa shape index (κ2) is 5.15. The van der Waals surface area contributed by atoms with Crippen molar-refractivity contribution >= 4 is 5.91 Å². The highest BCUT2D eigenvalue weighted by molar-refractivity contribution is 5.97. The summed E-state index contributed by atoms with van der Waals surface area (Å²) in [4.78, 5) is 12.2. The molecule has 19 heavy (non-hydrogen) atoms. The van der Waals surface area contributed by atoms with E-state index in [1.807, 2.05) is 19.9 Å². The molecule has 0 saturated heterocycles. The fourth-order valence-electron chi connectivity index (χ4n) is 1.54. The number of aromatic nitrogens is 4. The average Bonchev–Trinajstić information content (AvgIpc) is 2.89. The number of hydrogen-bond acceptors (Lipinski definition) is 5. The summed E-state index contributed by atoms with van der Waals surface area (Å²) in [6.45, 7) is 4.08. The van der Waals surface area contributed by atoms with Crippen LogP contribution in [0.15, 0.2) is 30.6 Å². The Balaban J connectivity index is 2.23. The van der Waals surface area contributed by atoms with Gasteiger partial charge < -0.3 is 11.1 Å². The van der Waals surface area contributed by atoms with Crippen LogP contribution < -0.4 is 11.1 Å². The van der Waals surface area contributed by atoms with Crippen LogP contribution in [0.3, 0.4) is 0 Å². The van der Waals surface area contributed by atoms with Gasteiger partial charge >= 0.3 is 0 Å². The third-order valence-corrected chi connectivity index (χ3v) is 2.45. The molecule has 2 rings (SSSR count). The highest BCUT2D eigenvalue weighted by atomic mass is 16.1. The van der Waals surface area contributed by atoms with Gasteiger partial charge in [-0.2, -0.15) is 4.68 Å². The zero-order chi connectivity index (χ0) is 13.9. The van der Waals surface area contributed by atoms with Crippen molar-refractivity contribution in [2.75, 3.05) is 6.54 Å². The molecule has 0 aliphatic rings. The molecule has 3 N–H and O–H groups in total. The molecule has 1 amide bonds. The summed E-state index contributed by atoms with van der Waals surface area (Å²) in [7, 11) is 0. The van der Waals surface area contributed by atoms with Crippen LogP contribution in [0.5, 0.6) is 0 Å². The van der Waals surface area contributed by atoms with Gasteiger partial charge in [-0.3, -0.25) is 4.79 Å². The van der Waals surface area contributed by atoms with E-state index in [-0.39, 0.29) is 5.91 Å². The SMILES string of the molecule is CC(C)(N)CNC(=O)c1ccccc1-n1cnnn1. The first kappa shape index (κ1) is 13.2. The number of amides is 1. The van der Waals surface area contributed by atoms with Crippen LogP contribution in [0.4, 0.5) is 0 Å². The van der Waals surface area contributed by atoms with Gasteiger partial charge in [0.25, 0.3) is 5.91 Å². The summed E-state index contributed by atoms with van der Waals surface area (Å²) in [5.74, 6) is -0.204. The highest BCUT2D eigenvalue weighted by Gasteiger charge is 2.16. The van der Waals surface area contributed by atoms with Crippen molar-refractivity contribution in [3.05, 3.63) is 36.2 Å². The minimum Gasteiger partial charge on any atom is -0.350 e. The highest BCUT2D eigenvalue weighted by Crippen LogP contribution is 2.12. The van der Waals surface area contributed by atoms with E-state index < -0.39 is 5.54 Å². The van der Waals surface area contributed by atoms with E-state index >= 15 is 0 Å². The zero-order valence-electron chi connectivity index (χ0n) is 10.9. The molecule has 7 heteroatoms. The molecule has 7 nitrogen and oxygen atoms in total. The third-order valence-electron chi connectivity index (χ3n) is 2.45. The van der Waals surface area contributed by atoms with E-state index in [4.69, 9.17) is 5.73 Å². The maximum absolute atomic E-state index is 12.2. The van der Waals surface area contributed by atoms with E-state index in [9.17, 15) is 4.79 Å². The number of nitrogens with zero attached hydrogens (tertiary/aromatic N) is 4. The quantitative estimate of drug-likeness (QED) is 0.814. The topological polar surface area (TPSA) is 98.7 Å². The molecule has 0 unspecified atom stereocenters. The Morgan fingerprint density at radius 3 is 2.79 bits per heavy atom. The van der Waals surface area contributed by atoms with Crippen molar-refractivity contribution in [2.45, 2.75) is 19.4 Å². The smallest absolute Gasteiger partial charge is 0.253 e. The molecule has 1 aromatic carbocycles. The summed E-state index contributed by atoms with van der Waals surface area (Å²) < 4.78 is 1.45. The van der Waals surface area contributed by atoms with Gasteiger partial charge in [-0.05, 0) is 36.4 Å². The molecule has 0 aliphatic carbocycles. The van der Waals surface area contributed by atoms with Crippen LogP contribution in [0.25, 0.3) is 5.69 Å². The third kappa shape index (κ3) is 3.35. The van der Waals surface area contributed by atoms with Crippen molar-refractivity contribution in [3.8, 4) is 5.69 Å². The monoisotopic (exact) mass is 260 g/mol. The lowest BCUT2D eigenvalue weighted by molar-refractivity contribution is 0.0946. The van der Waals surface area contributed by atoms with Gasteiger partial charge in [-0.25, -0.2) is 0 Å². The summed E-state index contributed by atoms with van der Waals surface area (Å²) in [6.07, 6.45) is 1.44. The number of para-hydroxylation sites is 1. The van der Waals surface area contributed by atoms with E-state index in [1.165, 1.54) is 11.0 Å². The molecule has 0 spiro atoms. The molecule has 0 saturated carbocycles. The lowest BCUT2D eigenvalue weighted by Crippen LogP contribution is -2.45. The Kier molecular flexibility index (Phi) is 3.57. The van der Waals surface area contributed by atoms with Gasteiger partial charge in [-0.1, -0.05) is 12.1 Å². The maximum Gasteiger partial charge on any atom is 0.253 e. The van der Waals surface area contributed by atoms with Crippen LogP contribution in [-0.4, -0.2) is 38.2 Å². The number of carbonyl (C=O) groups excluding carboxylic acids is 1. The van der Waals surface area contributed by atoms with Gasteiger partial charge in [0.05, 0.1) is 11.3 Å². The van der Waals surface area contributed by atoms with Gasteiger partial charge in [0.2, 0.25) is 0 Å². The van der Waals surface area contributed by atoms with Crippen LogP contribution in [0, 0.1) is 0 Å². The predicted molar refractivity (Wildman–Crippen MR) is 69.8 cm³/mol. The number of nitrogens with two attached hydrogens (primary N) is 1. The van der Waals surface area contributed by atoms with E-state index in [0.717, 1.165) is 0 Å². The largest absolute Gasteiger partial charge is 0.350 e. The van der Waals surface area contributed by atoms with Crippen molar-refractivity contribution in [3.63, 3.8) is 0 Å². The summed E-state index contributed by atoms with van der Waals surface area (Å²) in [6, 6.07) is 7.10. The van der Waals surface area contributed by atoms with Crippen LogP contribution in [0.1, 0.15) is 24.2 Å². The zero-order valence-corrected chi connectivity index (χ0v) is 10.9. The molecule has 0 bridgehead atoms. The second-order valence-corrected chi connectivity index (χ2v) is 4.94. The molecule has 100 valence electrons. The molecule has 1 aromatic heterocycles. The summed E-state index contributed by atoms with van der Waals surface area (Å²) >= 11 is 0. The second-order valence-electron chi connectivity index (χ2n) is 4.94. The van der Waals surface area contributed by atoms with Crippen LogP contribution >= 0.6 is 0 Å². The van der Waals surface area contributed by atoms with Gasteiger partial charge in [0.1, 0.15) is 6.33 Å². The van der Waals surface area contributed by atoms with Gasteiger partial charge in [-0.15, -0.1) is 5.10 Å². The fraction of sp³-hybridized carbons (Fsp3) is 0.333. The molecule has 0 radical (unpaired) electrons. The number of benzene rings is 1. The minimum absolute atomic E-state index is 0.204. The van der Waals surface area contributed by atoms with Gasteiger partial charge in [0, 0.05) is 12.1 Å². The van der Waals surface area contributed by atoms with E-state index in [1.54, 1.807) is 18.2 Å². The maximum atomic E-state index is 12.2. The number of carbonyl (C=O) groups is 1. The number of hydrogen-bond donors (Lipinski definition) is 2. The number of rotatable bonds is 4. The Morgan fingerprint density at radius 1 is 1.42 bits per heavy atom. The van der Waals surface area contributed by atoms with Crippen molar-refractivity contribution in [1.82, 2.24) is 25.5 Å². The first-order valence-electron chi connectivity index (χ1n) is 5.87. The Labute approximate surface area is 110 Å². The first-order valence-corrected chi connectivity index (χ1v) is 5.87. The molecule has 1 heterocycles. The lowest BCUT2D eigenvalue weighted by atomic mass is 10.1. The Bertz CT molecular complexity index is 558. The van der Waals surface area contributed by atoms with Crippen LogP contribution in [0.2, 0.25) is 0 Å². The normalized spacial score (nSPS) is 11.3. The molecule has 0 fully saturated rings. The lowest BCUT2D eigenvalue weighted by Gasteiger charge is -2.19. The molecular formula is C12H16N6O. The molecule has 0 aliphatic heterocycles. The minimum atomic E-state index is -0.459.